The third-order valence-electron chi connectivity index (χ3n) is 6.08. The molecule has 1 atom stereocenters. The molecule has 1 fully saturated rings. The molecular weight excluding hydrogens is 464 g/mol. The second-order valence-corrected chi connectivity index (χ2v) is 8.26. The van der Waals surface area contributed by atoms with Gasteiger partial charge < -0.3 is 24.2 Å². The fourth-order valence-electron chi connectivity index (χ4n) is 4.34. The number of benzene rings is 2. The van der Waals surface area contributed by atoms with Crippen LogP contribution in [0.5, 0.6) is 11.5 Å². The van der Waals surface area contributed by atoms with E-state index in [0.29, 0.717) is 41.4 Å². The summed E-state index contributed by atoms with van der Waals surface area (Å²) < 4.78 is 15.9. The average Bonchev–Trinajstić information content (AvgIpc) is 3.17. The lowest BCUT2D eigenvalue weighted by atomic mass is 9.94. The van der Waals surface area contributed by atoms with Gasteiger partial charge in [-0.25, -0.2) is 4.79 Å². The highest BCUT2D eigenvalue weighted by Crippen LogP contribution is 2.41. The predicted molar refractivity (Wildman–Crippen MR) is 127 cm³/mol. The fourth-order valence-corrected chi connectivity index (χ4v) is 4.34. The van der Waals surface area contributed by atoms with Gasteiger partial charge in [-0.05, 0) is 47.5 Å². The fraction of sp³-hybridized carbons (Fsp3) is 0.185. The minimum Gasteiger partial charge on any atom is -0.507 e. The van der Waals surface area contributed by atoms with Crippen LogP contribution >= 0.6 is 0 Å². The molecule has 1 amide bonds. The number of pyridine rings is 1. The largest absolute Gasteiger partial charge is 0.507 e. The second kappa shape index (κ2) is 9.53. The van der Waals surface area contributed by atoms with Gasteiger partial charge in [-0.3, -0.25) is 14.6 Å². The van der Waals surface area contributed by atoms with E-state index in [1.54, 1.807) is 67.0 Å². The molecule has 9 nitrogen and oxygen atoms in total. The van der Waals surface area contributed by atoms with E-state index in [1.165, 1.54) is 12.0 Å². The molecule has 36 heavy (non-hydrogen) atoms. The molecule has 3 heterocycles. The summed E-state index contributed by atoms with van der Waals surface area (Å²) in [6, 6.07) is 13.8. The van der Waals surface area contributed by atoms with Gasteiger partial charge in [0.2, 0.25) is 0 Å². The molecule has 0 spiro atoms. The number of aliphatic hydroxyl groups is 1. The number of hydrogen-bond donors (Lipinski definition) is 1. The van der Waals surface area contributed by atoms with Crippen LogP contribution in [0.25, 0.3) is 5.76 Å². The van der Waals surface area contributed by atoms with Gasteiger partial charge >= 0.3 is 5.97 Å². The van der Waals surface area contributed by atoms with Crippen LogP contribution in [0.1, 0.15) is 33.1 Å². The number of esters is 1. The van der Waals surface area contributed by atoms with Gasteiger partial charge in [-0.2, -0.15) is 0 Å². The van der Waals surface area contributed by atoms with E-state index in [9.17, 15) is 19.5 Å². The molecule has 2 aliphatic heterocycles. The molecule has 2 aliphatic rings. The van der Waals surface area contributed by atoms with Crippen LogP contribution in [-0.4, -0.2) is 53.0 Å². The molecule has 182 valence electrons. The van der Waals surface area contributed by atoms with Crippen molar-refractivity contribution in [1.82, 2.24) is 9.88 Å². The van der Waals surface area contributed by atoms with Crippen molar-refractivity contribution in [1.29, 1.82) is 0 Å². The normalized spacial score (nSPS) is 18.2. The first-order valence-electron chi connectivity index (χ1n) is 11.2. The molecule has 0 aliphatic carbocycles. The Morgan fingerprint density at radius 2 is 1.78 bits per heavy atom. The summed E-state index contributed by atoms with van der Waals surface area (Å²) in [5.41, 5.74) is 1.83. The number of fused-ring (bicyclic) bond motifs is 1. The Morgan fingerprint density at radius 1 is 1.06 bits per heavy atom. The Bertz CT molecular complexity index is 1370. The molecule has 0 unspecified atom stereocenters. The number of ketones is 1. The van der Waals surface area contributed by atoms with E-state index in [2.05, 4.69) is 4.98 Å². The molecule has 5 rings (SSSR count). The maximum Gasteiger partial charge on any atom is 0.337 e. The number of carbonyl (C=O) groups excluding carboxylic acids is 3. The van der Waals surface area contributed by atoms with Crippen molar-refractivity contribution in [3.8, 4) is 11.5 Å². The van der Waals surface area contributed by atoms with Gasteiger partial charge in [0, 0.05) is 24.5 Å². The Balaban J connectivity index is 1.62. The number of ether oxygens (including phenoxy) is 3. The van der Waals surface area contributed by atoms with Crippen LogP contribution in [0.2, 0.25) is 0 Å². The van der Waals surface area contributed by atoms with Crippen LogP contribution in [-0.2, 0) is 20.9 Å². The Kier molecular flexibility index (Phi) is 6.12. The average molecular weight is 486 g/mol. The van der Waals surface area contributed by atoms with E-state index >= 15 is 0 Å². The lowest BCUT2D eigenvalue weighted by Gasteiger charge is -2.25. The van der Waals surface area contributed by atoms with Crippen molar-refractivity contribution in [2.45, 2.75) is 12.6 Å². The lowest BCUT2D eigenvalue weighted by Crippen LogP contribution is -2.29. The van der Waals surface area contributed by atoms with Crippen molar-refractivity contribution >= 4 is 23.4 Å². The smallest absolute Gasteiger partial charge is 0.337 e. The zero-order valence-electron chi connectivity index (χ0n) is 19.3. The number of nitrogens with zero attached hydrogens (tertiary/aromatic N) is 2. The second-order valence-electron chi connectivity index (χ2n) is 8.26. The van der Waals surface area contributed by atoms with E-state index in [-0.39, 0.29) is 17.9 Å². The SMILES string of the molecule is COC(=O)c1ccc([C@H]2C(=C(O)c3ccc4c(c3)OCCO4)C(=O)C(=O)N2Cc2cccnc2)cc1. The van der Waals surface area contributed by atoms with Crippen LogP contribution in [0.3, 0.4) is 0 Å². The Hall–Kier alpha value is -4.66. The summed E-state index contributed by atoms with van der Waals surface area (Å²) in [6.07, 6.45) is 3.22. The number of aliphatic hydroxyl groups excluding tert-OH is 1. The number of carbonyl (C=O) groups is 3. The van der Waals surface area contributed by atoms with Crippen LogP contribution in [0.4, 0.5) is 0 Å². The van der Waals surface area contributed by atoms with Gasteiger partial charge in [0.15, 0.2) is 11.5 Å². The molecule has 0 radical (unpaired) electrons. The molecule has 1 saturated heterocycles. The van der Waals surface area contributed by atoms with Crippen LogP contribution in [0.15, 0.2) is 72.6 Å². The number of rotatable bonds is 5. The van der Waals surface area contributed by atoms with Crippen molar-refractivity contribution in [3.63, 3.8) is 0 Å². The molecule has 0 saturated carbocycles. The third-order valence-corrected chi connectivity index (χ3v) is 6.08. The Morgan fingerprint density at radius 3 is 2.47 bits per heavy atom. The quantitative estimate of drug-likeness (QED) is 0.253. The number of amides is 1. The zero-order valence-corrected chi connectivity index (χ0v) is 19.3. The summed E-state index contributed by atoms with van der Waals surface area (Å²) in [7, 11) is 1.28. The van der Waals surface area contributed by atoms with Crippen molar-refractivity contribution < 1.29 is 33.7 Å². The zero-order chi connectivity index (χ0) is 25.2. The third kappa shape index (κ3) is 4.15. The molecule has 2 aromatic carbocycles. The van der Waals surface area contributed by atoms with E-state index < -0.39 is 23.7 Å². The lowest BCUT2D eigenvalue weighted by molar-refractivity contribution is -0.140. The highest BCUT2D eigenvalue weighted by Gasteiger charge is 2.46. The molecule has 3 aromatic rings. The van der Waals surface area contributed by atoms with Crippen molar-refractivity contribution in [3.05, 3.63) is 94.8 Å². The van der Waals surface area contributed by atoms with Gasteiger partial charge in [-0.1, -0.05) is 18.2 Å². The summed E-state index contributed by atoms with van der Waals surface area (Å²) >= 11 is 0. The highest BCUT2D eigenvalue weighted by molar-refractivity contribution is 6.46. The Labute approximate surface area is 206 Å². The molecule has 0 bridgehead atoms. The number of Topliss-reactive ketones (excluding diaryl/α,β-unsaturated/α-hetero) is 1. The van der Waals surface area contributed by atoms with E-state index in [0.717, 1.165) is 5.56 Å². The van der Waals surface area contributed by atoms with E-state index in [1.807, 2.05) is 0 Å². The van der Waals surface area contributed by atoms with Gasteiger partial charge in [0.05, 0.1) is 24.3 Å². The molecular formula is C27H22N2O7. The first-order valence-corrected chi connectivity index (χ1v) is 11.2. The topological polar surface area (TPSA) is 115 Å². The summed E-state index contributed by atoms with van der Waals surface area (Å²) in [4.78, 5) is 43.8. The number of likely N-dealkylation sites (tertiary alicyclic amines) is 1. The number of aromatic nitrogens is 1. The standard InChI is InChI=1S/C27H22N2O7/c1-34-27(33)18-6-4-17(5-7-18)23-22(24(30)19-8-9-20-21(13-19)36-12-11-35-20)25(31)26(32)29(23)15-16-3-2-10-28-14-16/h2-10,13-14,23,30H,11-12,15H2,1H3/t23-/m0/s1. The minimum atomic E-state index is -0.898. The maximum absolute atomic E-state index is 13.3. The molecule has 1 N–H and O–H groups in total. The van der Waals surface area contributed by atoms with Crippen molar-refractivity contribution in [2.75, 3.05) is 20.3 Å². The van der Waals surface area contributed by atoms with Crippen LogP contribution < -0.4 is 9.47 Å². The maximum atomic E-state index is 13.3. The minimum absolute atomic E-state index is 0.0635. The highest BCUT2D eigenvalue weighted by atomic mass is 16.6. The molecule has 9 heteroatoms. The van der Waals surface area contributed by atoms with Crippen molar-refractivity contribution in [2.24, 2.45) is 0 Å². The predicted octanol–water partition coefficient (Wildman–Crippen LogP) is 3.26. The summed E-state index contributed by atoms with van der Waals surface area (Å²) in [5, 5.41) is 11.3. The van der Waals surface area contributed by atoms with Gasteiger partial charge in [0.1, 0.15) is 19.0 Å². The molecule has 1 aromatic heterocycles. The van der Waals surface area contributed by atoms with Crippen LogP contribution in [0, 0.1) is 0 Å². The summed E-state index contributed by atoms with van der Waals surface area (Å²) in [5.74, 6) is -1.43. The first kappa shape index (κ1) is 23.1. The number of hydrogen-bond acceptors (Lipinski definition) is 8. The monoisotopic (exact) mass is 486 g/mol. The van der Waals surface area contributed by atoms with Gasteiger partial charge in [-0.15, -0.1) is 0 Å². The van der Waals surface area contributed by atoms with E-state index in [4.69, 9.17) is 14.2 Å². The van der Waals surface area contributed by atoms with Gasteiger partial charge in [0.25, 0.3) is 11.7 Å². The first-order chi connectivity index (χ1) is 17.5. The summed E-state index contributed by atoms with van der Waals surface area (Å²) in [6.45, 7) is 0.873. The number of methoxy groups -OCH3 is 1.